The second kappa shape index (κ2) is 7.81. The molecule has 1 amide bonds. The number of hydrogen-bond acceptors (Lipinski definition) is 5. The Balaban J connectivity index is 1.69. The summed E-state index contributed by atoms with van der Waals surface area (Å²) in [5.41, 5.74) is 0.753. The third-order valence-corrected chi connectivity index (χ3v) is 3.98. The fourth-order valence-electron chi connectivity index (χ4n) is 2.04. The van der Waals surface area contributed by atoms with E-state index in [2.05, 4.69) is 16.4 Å². The van der Waals surface area contributed by atoms with Crippen molar-refractivity contribution in [1.29, 1.82) is 0 Å². The van der Waals surface area contributed by atoms with Gasteiger partial charge in [-0.1, -0.05) is 0 Å². The predicted molar refractivity (Wildman–Crippen MR) is 95.0 cm³/mol. The van der Waals surface area contributed by atoms with Crippen molar-refractivity contribution < 1.29 is 14.3 Å². The Morgan fingerprint density at radius 3 is 2.48 bits per heavy atom. The summed E-state index contributed by atoms with van der Waals surface area (Å²) < 4.78 is 13.3. The van der Waals surface area contributed by atoms with Gasteiger partial charge < -0.3 is 18.7 Å². The molecule has 2 rings (SSSR count). The zero-order valence-corrected chi connectivity index (χ0v) is 15.2. The van der Waals surface area contributed by atoms with Crippen LogP contribution in [0.4, 0.5) is 10.5 Å². The first kappa shape index (κ1) is 17.8. The average molecular weight is 338 g/mol. The van der Waals surface area contributed by atoms with Crippen molar-refractivity contribution in [2.45, 2.75) is 39.7 Å². The largest absolute Gasteiger partial charge is 0.494 e. The summed E-state index contributed by atoms with van der Waals surface area (Å²) in [6, 6.07) is 8.10. The first-order chi connectivity index (χ1) is 10.9. The van der Waals surface area contributed by atoms with E-state index in [0.717, 1.165) is 18.0 Å². The van der Waals surface area contributed by atoms with Crippen LogP contribution in [0.15, 0.2) is 24.3 Å². The van der Waals surface area contributed by atoms with E-state index in [4.69, 9.17) is 9.47 Å². The van der Waals surface area contributed by atoms with Gasteiger partial charge in [0.15, 0.2) is 0 Å². The molecule has 0 radical (unpaired) electrons. The van der Waals surface area contributed by atoms with Crippen molar-refractivity contribution in [3.05, 3.63) is 24.3 Å². The summed E-state index contributed by atoms with van der Waals surface area (Å²) in [4.78, 5) is 13.7. The van der Waals surface area contributed by atoms with Gasteiger partial charge in [-0.05, 0) is 70.3 Å². The first-order valence-corrected chi connectivity index (χ1v) is 8.94. The highest BCUT2D eigenvalue weighted by atomic mass is 32.2. The molecule has 1 aromatic carbocycles. The number of nitrogens with zero attached hydrogens (tertiary/aromatic N) is 2. The lowest BCUT2D eigenvalue weighted by molar-refractivity contribution is 0.0252. The Morgan fingerprint density at radius 1 is 1.30 bits per heavy atom. The monoisotopic (exact) mass is 338 g/mol. The van der Waals surface area contributed by atoms with Crippen LogP contribution in [0.25, 0.3) is 0 Å². The molecule has 128 valence electrons. The molecule has 0 spiro atoms. The zero-order chi connectivity index (χ0) is 16.9. The molecule has 0 unspecified atom stereocenters. The lowest BCUT2D eigenvalue weighted by atomic mass is 10.2. The minimum absolute atomic E-state index is 0.264. The van der Waals surface area contributed by atoms with Crippen LogP contribution in [0.5, 0.6) is 5.75 Å². The number of anilines is 1. The average Bonchev–Trinajstić information content (AvgIpc) is 3.30. The molecule has 23 heavy (non-hydrogen) atoms. The fraction of sp³-hybridized carbons (Fsp3) is 0.588. The van der Waals surface area contributed by atoms with Gasteiger partial charge in [-0.25, -0.2) is 4.79 Å². The lowest BCUT2D eigenvalue weighted by Crippen LogP contribution is -2.37. The molecule has 0 bridgehead atoms. The van der Waals surface area contributed by atoms with Crippen LogP contribution in [0.3, 0.4) is 0 Å². The third kappa shape index (κ3) is 6.22. The SMILES string of the molecule is CCN(CCCOc1ccc(N2CS2)cc1)C(=O)OC(C)(C)C. The van der Waals surface area contributed by atoms with Crippen molar-refractivity contribution >= 4 is 23.7 Å². The topological polar surface area (TPSA) is 41.8 Å². The fourth-order valence-corrected chi connectivity index (χ4v) is 2.51. The second-order valence-corrected chi connectivity index (χ2v) is 7.35. The molecule has 0 aromatic heterocycles. The van der Waals surface area contributed by atoms with Crippen LogP contribution >= 0.6 is 11.9 Å². The first-order valence-electron chi connectivity index (χ1n) is 8.00. The summed E-state index contributed by atoms with van der Waals surface area (Å²) in [5.74, 6) is 1.93. The van der Waals surface area contributed by atoms with E-state index >= 15 is 0 Å². The van der Waals surface area contributed by atoms with Gasteiger partial charge in [0.25, 0.3) is 0 Å². The molecule has 6 heteroatoms. The van der Waals surface area contributed by atoms with E-state index < -0.39 is 5.60 Å². The highest BCUT2D eigenvalue weighted by molar-refractivity contribution is 8.07. The summed E-state index contributed by atoms with van der Waals surface area (Å²) in [7, 11) is 0. The second-order valence-electron chi connectivity index (χ2n) is 6.39. The maximum atomic E-state index is 12.0. The Kier molecular flexibility index (Phi) is 6.04. The lowest BCUT2D eigenvalue weighted by Gasteiger charge is -2.26. The highest BCUT2D eigenvalue weighted by Crippen LogP contribution is 2.36. The molecule has 0 saturated carbocycles. The molecule has 1 heterocycles. The summed E-state index contributed by atoms with van der Waals surface area (Å²) in [5, 5.41) is 0. The van der Waals surface area contributed by atoms with Gasteiger partial charge in [-0.15, -0.1) is 0 Å². The molecule has 1 saturated heterocycles. The van der Waals surface area contributed by atoms with E-state index in [1.807, 2.05) is 39.8 Å². The number of carbonyl (C=O) groups excluding carboxylic acids is 1. The third-order valence-electron chi connectivity index (χ3n) is 3.26. The Hall–Kier alpha value is -1.56. The Morgan fingerprint density at radius 2 is 1.96 bits per heavy atom. The maximum absolute atomic E-state index is 12.0. The molecule has 1 fully saturated rings. The van der Waals surface area contributed by atoms with Gasteiger partial charge in [-0.3, -0.25) is 0 Å². The Bertz CT molecular complexity index is 510. The van der Waals surface area contributed by atoms with Crippen LogP contribution in [-0.2, 0) is 4.74 Å². The molecule has 1 aliphatic rings. The van der Waals surface area contributed by atoms with Crippen LogP contribution in [0, 0.1) is 0 Å². The van der Waals surface area contributed by atoms with Crippen molar-refractivity contribution in [2.75, 3.05) is 29.9 Å². The van der Waals surface area contributed by atoms with Gasteiger partial charge in [-0.2, -0.15) is 0 Å². The standard InChI is InChI=1S/C17H26N2O3S/c1-5-18(16(20)22-17(2,3)4)11-6-12-21-15-9-7-14(8-10-15)19-13-23-19/h7-10H,5-6,11-13H2,1-4H3. The molecular weight excluding hydrogens is 312 g/mol. The molecular formula is C17H26N2O3S. The van der Waals surface area contributed by atoms with Crippen LogP contribution in [0.2, 0.25) is 0 Å². The number of amides is 1. The highest BCUT2D eigenvalue weighted by Gasteiger charge is 2.21. The number of hydrogen-bond donors (Lipinski definition) is 0. The van der Waals surface area contributed by atoms with E-state index in [9.17, 15) is 4.79 Å². The Labute approximate surface area is 143 Å². The quantitative estimate of drug-likeness (QED) is 0.425. The van der Waals surface area contributed by atoms with Gasteiger partial charge in [0.05, 0.1) is 12.5 Å². The van der Waals surface area contributed by atoms with Crippen LogP contribution < -0.4 is 9.04 Å². The van der Waals surface area contributed by atoms with Crippen molar-refractivity contribution in [3.8, 4) is 5.75 Å². The van der Waals surface area contributed by atoms with Crippen molar-refractivity contribution in [2.24, 2.45) is 0 Å². The minimum Gasteiger partial charge on any atom is -0.494 e. The van der Waals surface area contributed by atoms with Crippen molar-refractivity contribution in [3.63, 3.8) is 0 Å². The van der Waals surface area contributed by atoms with Crippen LogP contribution in [-0.4, -0.2) is 42.2 Å². The predicted octanol–water partition coefficient (Wildman–Crippen LogP) is 4.14. The van der Waals surface area contributed by atoms with Gasteiger partial charge in [0.2, 0.25) is 0 Å². The van der Waals surface area contributed by atoms with Crippen LogP contribution in [0.1, 0.15) is 34.1 Å². The molecule has 0 aliphatic carbocycles. The van der Waals surface area contributed by atoms with Gasteiger partial charge >= 0.3 is 6.09 Å². The normalized spacial score (nSPS) is 13.7. The zero-order valence-electron chi connectivity index (χ0n) is 14.4. The number of ether oxygens (including phenoxy) is 2. The summed E-state index contributed by atoms with van der Waals surface area (Å²) >= 11 is 1.80. The molecule has 1 aromatic rings. The molecule has 0 N–H and O–H groups in total. The summed E-state index contributed by atoms with van der Waals surface area (Å²) in [6.07, 6.45) is 0.511. The minimum atomic E-state index is -0.460. The van der Waals surface area contributed by atoms with E-state index in [0.29, 0.717) is 19.7 Å². The molecule has 1 aliphatic heterocycles. The van der Waals surface area contributed by atoms with Crippen molar-refractivity contribution in [1.82, 2.24) is 4.90 Å². The van der Waals surface area contributed by atoms with Gasteiger partial charge in [0.1, 0.15) is 11.4 Å². The summed E-state index contributed by atoms with van der Waals surface area (Å²) in [6.45, 7) is 9.43. The smallest absolute Gasteiger partial charge is 0.410 e. The van der Waals surface area contributed by atoms with E-state index in [-0.39, 0.29) is 6.09 Å². The number of benzene rings is 1. The van der Waals surface area contributed by atoms with E-state index in [1.165, 1.54) is 5.69 Å². The van der Waals surface area contributed by atoms with Gasteiger partial charge in [0, 0.05) is 18.8 Å². The molecule has 0 atom stereocenters. The number of rotatable bonds is 7. The maximum Gasteiger partial charge on any atom is 0.410 e. The van der Waals surface area contributed by atoms with E-state index in [1.54, 1.807) is 16.8 Å². The molecule has 5 nitrogen and oxygen atoms in total. The number of carbonyl (C=O) groups is 1.